The normalized spacial score (nSPS) is 17.2. The Morgan fingerprint density at radius 1 is 1.11 bits per heavy atom. The highest BCUT2D eigenvalue weighted by atomic mass is 19.1. The quantitative estimate of drug-likeness (QED) is 0.765. The molecule has 0 fully saturated rings. The van der Waals surface area contributed by atoms with Crippen LogP contribution in [0.4, 0.5) is 10.2 Å². The highest BCUT2D eigenvalue weighted by Gasteiger charge is 2.24. The second kappa shape index (κ2) is 7.32. The number of nitrogen functional groups attached to an aromatic ring is 1. The van der Waals surface area contributed by atoms with Crippen LogP contribution < -0.4 is 10.5 Å². The number of nitrogens with two attached hydrogens (primary N) is 1. The molecule has 4 rings (SSSR count). The molecule has 0 spiro atoms. The van der Waals surface area contributed by atoms with Crippen molar-refractivity contribution in [3.63, 3.8) is 0 Å². The van der Waals surface area contributed by atoms with E-state index >= 15 is 0 Å². The average Bonchev–Trinajstić information content (AvgIpc) is 2.82. The summed E-state index contributed by atoms with van der Waals surface area (Å²) < 4.78 is 20.1. The summed E-state index contributed by atoms with van der Waals surface area (Å²) in [5.41, 5.74) is 9.60. The number of halogens is 1. The minimum atomic E-state index is -0.342. The Hall–Kier alpha value is -2.99. The first-order valence-electron chi connectivity index (χ1n) is 8.92. The van der Waals surface area contributed by atoms with Crippen molar-refractivity contribution in [1.29, 1.82) is 0 Å². The fraction of sp³-hybridized carbons (Fsp3) is 0.238. The molecule has 27 heavy (non-hydrogen) atoms. The van der Waals surface area contributed by atoms with Gasteiger partial charge in [-0.3, -0.25) is 0 Å². The van der Waals surface area contributed by atoms with Crippen LogP contribution in [0.5, 0.6) is 5.75 Å². The van der Waals surface area contributed by atoms with E-state index in [1.807, 2.05) is 18.2 Å². The van der Waals surface area contributed by atoms with Gasteiger partial charge in [-0.1, -0.05) is 24.3 Å². The topological polar surface area (TPSA) is 64.3 Å². The monoisotopic (exact) mass is 364 g/mol. The van der Waals surface area contributed by atoms with Crippen LogP contribution in [0.1, 0.15) is 23.7 Å². The molecule has 0 saturated carbocycles. The van der Waals surface area contributed by atoms with Gasteiger partial charge < -0.3 is 15.4 Å². The molecule has 0 radical (unpaired) electrons. The molecule has 138 valence electrons. The van der Waals surface area contributed by atoms with Gasteiger partial charge in [0.2, 0.25) is 0 Å². The van der Waals surface area contributed by atoms with E-state index < -0.39 is 0 Å². The van der Waals surface area contributed by atoms with E-state index in [2.05, 4.69) is 28.2 Å². The van der Waals surface area contributed by atoms with Crippen LogP contribution in [-0.4, -0.2) is 28.7 Å². The summed E-state index contributed by atoms with van der Waals surface area (Å²) in [5.74, 6) is 0.337. The molecule has 3 aromatic rings. The van der Waals surface area contributed by atoms with E-state index in [-0.39, 0.29) is 17.7 Å². The van der Waals surface area contributed by atoms with Crippen LogP contribution >= 0.6 is 0 Å². The van der Waals surface area contributed by atoms with Gasteiger partial charge in [0.1, 0.15) is 11.9 Å². The van der Waals surface area contributed by atoms with Gasteiger partial charge in [0, 0.05) is 25.1 Å². The Morgan fingerprint density at radius 3 is 2.74 bits per heavy atom. The SMILES string of the molecule is CN1CCC(Oc2ccccc2F)c2ccc(-c3ccc(N)nn3)cc2C1. The Balaban J connectivity index is 1.69. The number of fused-ring (bicyclic) bond motifs is 1. The zero-order chi connectivity index (χ0) is 18.8. The number of anilines is 1. The van der Waals surface area contributed by atoms with Gasteiger partial charge in [-0.25, -0.2) is 4.39 Å². The Kier molecular flexibility index (Phi) is 4.73. The van der Waals surface area contributed by atoms with Crippen LogP contribution in [0.2, 0.25) is 0 Å². The second-order valence-electron chi connectivity index (χ2n) is 6.82. The molecular formula is C21H21FN4O. The Bertz CT molecular complexity index is 945. The van der Waals surface area contributed by atoms with Crippen LogP contribution in [0.25, 0.3) is 11.3 Å². The van der Waals surface area contributed by atoms with Crippen molar-refractivity contribution in [3.05, 3.63) is 71.5 Å². The van der Waals surface area contributed by atoms with Gasteiger partial charge in [-0.15, -0.1) is 10.2 Å². The van der Waals surface area contributed by atoms with Gasteiger partial charge in [0.05, 0.1) is 5.69 Å². The molecule has 6 heteroatoms. The number of hydrogen-bond donors (Lipinski definition) is 1. The van der Waals surface area contributed by atoms with E-state index in [4.69, 9.17) is 10.5 Å². The molecule has 2 N–H and O–H groups in total. The molecule has 1 atom stereocenters. The predicted octanol–water partition coefficient (Wildman–Crippen LogP) is 3.82. The summed E-state index contributed by atoms with van der Waals surface area (Å²) in [6, 6.07) is 16.3. The lowest BCUT2D eigenvalue weighted by atomic mass is 9.97. The summed E-state index contributed by atoms with van der Waals surface area (Å²) >= 11 is 0. The summed E-state index contributed by atoms with van der Waals surface area (Å²) in [6.07, 6.45) is 0.590. The molecule has 1 aliphatic heterocycles. The predicted molar refractivity (Wildman–Crippen MR) is 103 cm³/mol. The molecule has 1 unspecified atom stereocenters. The average molecular weight is 364 g/mol. The van der Waals surface area contributed by atoms with E-state index in [0.717, 1.165) is 41.9 Å². The van der Waals surface area contributed by atoms with E-state index in [1.54, 1.807) is 24.3 Å². The molecule has 0 amide bonds. The van der Waals surface area contributed by atoms with Gasteiger partial charge >= 0.3 is 0 Å². The number of nitrogens with zero attached hydrogens (tertiary/aromatic N) is 3. The first-order valence-corrected chi connectivity index (χ1v) is 8.92. The minimum Gasteiger partial charge on any atom is -0.483 e. The molecule has 5 nitrogen and oxygen atoms in total. The van der Waals surface area contributed by atoms with Gasteiger partial charge in [0.15, 0.2) is 11.6 Å². The van der Waals surface area contributed by atoms with Crippen molar-refractivity contribution >= 4 is 5.82 Å². The third-order valence-electron chi connectivity index (χ3n) is 4.79. The lowest BCUT2D eigenvalue weighted by Gasteiger charge is -2.20. The highest BCUT2D eigenvalue weighted by Crippen LogP contribution is 2.33. The van der Waals surface area contributed by atoms with Crippen LogP contribution in [0.3, 0.4) is 0 Å². The van der Waals surface area contributed by atoms with Crippen molar-refractivity contribution < 1.29 is 9.13 Å². The minimum absolute atomic E-state index is 0.201. The number of rotatable bonds is 3. The number of benzene rings is 2. The maximum atomic E-state index is 14.1. The Labute approximate surface area is 157 Å². The summed E-state index contributed by atoms with van der Waals surface area (Å²) in [6.45, 7) is 1.66. The van der Waals surface area contributed by atoms with Crippen LogP contribution in [-0.2, 0) is 6.54 Å². The second-order valence-corrected chi connectivity index (χ2v) is 6.82. The fourth-order valence-electron chi connectivity index (χ4n) is 3.39. The largest absolute Gasteiger partial charge is 0.483 e. The summed E-state index contributed by atoms with van der Waals surface area (Å²) in [4.78, 5) is 2.24. The maximum Gasteiger partial charge on any atom is 0.165 e. The molecule has 2 heterocycles. The summed E-state index contributed by atoms with van der Waals surface area (Å²) in [7, 11) is 2.07. The zero-order valence-corrected chi connectivity index (χ0v) is 15.1. The number of aromatic nitrogens is 2. The zero-order valence-electron chi connectivity index (χ0n) is 15.1. The van der Waals surface area contributed by atoms with Crippen molar-refractivity contribution in [3.8, 4) is 17.0 Å². The lowest BCUT2D eigenvalue weighted by molar-refractivity contribution is 0.175. The molecule has 0 bridgehead atoms. The van der Waals surface area contributed by atoms with Gasteiger partial charge in [-0.2, -0.15) is 0 Å². The molecule has 1 aliphatic rings. The van der Waals surface area contributed by atoms with Crippen LogP contribution in [0.15, 0.2) is 54.6 Å². The summed E-state index contributed by atoms with van der Waals surface area (Å²) in [5, 5.41) is 8.10. The smallest absolute Gasteiger partial charge is 0.165 e. The van der Waals surface area contributed by atoms with Crippen molar-refractivity contribution in [2.24, 2.45) is 0 Å². The molecule has 1 aromatic heterocycles. The molecular weight excluding hydrogens is 343 g/mol. The number of ether oxygens (including phenoxy) is 1. The fourth-order valence-corrected chi connectivity index (χ4v) is 3.39. The number of para-hydroxylation sites is 1. The number of hydrogen-bond acceptors (Lipinski definition) is 5. The Morgan fingerprint density at radius 2 is 1.96 bits per heavy atom. The van der Waals surface area contributed by atoms with Crippen LogP contribution in [0, 0.1) is 5.82 Å². The first-order chi connectivity index (χ1) is 13.1. The van der Waals surface area contributed by atoms with Gasteiger partial charge in [0.25, 0.3) is 0 Å². The molecule has 0 aliphatic carbocycles. The third-order valence-corrected chi connectivity index (χ3v) is 4.79. The highest BCUT2D eigenvalue weighted by molar-refractivity contribution is 5.61. The third kappa shape index (κ3) is 3.75. The van der Waals surface area contributed by atoms with Crippen molar-refractivity contribution in [1.82, 2.24) is 15.1 Å². The first kappa shape index (κ1) is 17.4. The maximum absolute atomic E-state index is 14.1. The van der Waals surface area contributed by atoms with Crippen molar-refractivity contribution in [2.75, 3.05) is 19.3 Å². The molecule has 0 saturated heterocycles. The van der Waals surface area contributed by atoms with E-state index in [9.17, 15) is 4.39 Å². The van der Waals surface area contributed by atoms with E-state index in [0.29, 0.717) is 5.82 Å². The van der Waals surface area contributed by atoms with E-state index in [1.165, 1.54) is 6.07 Å². The van der Waals surface area contributed by atoms with Crippen molar-refractivity contribution in [2.45, 2.75) is 19.1 Å². The standard InChI is InChI=1S/C21H21FN4O/c1-26-11-10-19(27-20-5-3-2-4-17(20)22)16-7-6-14(12-15(16)13-26)18-8-9-21(23)25-24-18/h2-9,12,19H,10-11,13H2,1H3,(H2,23,25). The molecule has 2 aromatic carbocycles. The van der Waals surface area contributed by atoms with Gasteiger partial charge in [-0.05, 0) is 48.5 Å². The lowest BCUT2D eigenvalue weighted by Crippen LogP contribution is -2.18.